The Morgan fingerprint density at radius 2 is 1.46 bits per heavy atom. The molecule has 0 unspecified atom stereocenters. The molecule has 0 saturated carbocycles. The van der Waals surface area contributed by atoms with Gasteiger partial charge in [0.1, 0.15) is 5.75 Å². The number of sulfone groups is 1. The number of amides is 1. The highest BCUT2D eigenvalue weighted by molar-refractivity contribution is 7.92. The number of para-hydroxylation sites is 1. The van der Waals surface area contributed by atoms with Crippen LogP contribution >= 0.6 is 11.6 Å². The number of benzene rings is 3. The Morgan fingerprint density at radius 1 is 0.846 bits per heavy atom. The number of hydrogen-bond donors (Lipinski definition) is 1. The summed E-state index contributed by atoms with van der Waals surface area (Å²) in [5.41, 5.74) is 2.32. The van der Waals surface area contributed by atoms with E-state index in [1.165, 1.54) is 24.3 Å². The molecule has 3 aromatic carbocycles. The van der Waals surface area contributed by atoms with E-state index in [2.05, 4.69) is 5.32 Å². The minimum Gasteiger partial charge on any atom is -0.325 e. The van der Waals surface area contributed by atoms with Gasteiger partial charge >= 0.3 is 0 Å². The molecule has 132 valence electrons. The third-order valence-electron chi connectivity index (χ3n) is 3.78. The first kappa shape index (κ1) is 18.2. The monoisotopic (exact) mass is 385 g/mol. The van der Waals surface area contributed by atoms with E-state index < -0.39 is 21.5 Å². The normalized spacial score (nSPS) is 11.1. The maximum Gasteiger partial charge on any atom is 0.239 e. The van der Waals surface area contributed by atoms with Crippen molar-refractivity contribution in [2.24, 2.45) is 0 Å². The van der Waals surface area contributed by atoms with Gasteiger partial charge in [-0.05, 0) is 35.9 Å². The molecule has 0 saturated heterocycles. The third-order valence-corrected chi connectivity index (χ3v) is 5.66. The Bertz CT molecular complexity index is 1020. The first-order chi connectivity index (χ1) is 12.5. The predicted octanol–water partition coefficient (Wildman–Crippen LogP) is 4.42. The van der Waals surface area contributed by atoms with Gasteiger partial charge < -0.3 is 5.32 Å². The zero-order valence-electron chi connectivity index (χ0n) is 13.7. The van der Waals surface area contributed by atoms with E-state index in [1.54, 1.807) is 12.1 Å². The molecule has 3 rings (SSSR count). The summed E-state index contributed by atoms with van der Waals surface area (Å²) in [6.07, 6.45) is 0. The van der Waals surface area contributed by atoms with Crippen LogP contribution in [-0.2, 0) is 14.6 Å². The Morgan fingerprint density at radius 3 is 2.15 bits per heavy atom. The van der Waals surface area contributed by atoms with Crippen molar-refractivity contribution >= 4 is 33.0 Å². The van der Waals surface area contributed by atoms with E-state index in [4.69, 9.17) is 11.6 Å². The van der Waals surface area contributed by atoms with Gasteiger partial charge in [-0.2, -0.15) is 0 Å². The molecule has 4 nitrogen and oxygen atoms in total. The SMILES string of the molecule is O=C(CS(=O)(=O)c1ccc(Cl)cc1)Nc1ccccc1-c1ccccc1. The molecule has 0 bridgehead atoms. The largest absolute Gasteiger partial charge is 0.325 e. The average molecular weight is 386 g/mol. The fraction of sp³-hybridized carbons (Fsp3) is 0.0500. The van der Waals surface area contributed by atoms with Gasteiger partial charge in [0.25, 0.3) is 0 Å². The van der Waals surface area contributed by atoms with Crippen molar-refractivity contribution in [3.8, 4) is 11.1 Å². The zero-order valence-corrected chi connectivity index (χ0v) is 15.3. The van der Waals surface area contributed by atoms with Crippen LogP contribution in [0.2, 0.25) is 5.02 Å². The fourth-order valence-corrected chi connectivity index (χ4v) is 3.81. The number of hydrogen-bond acceptors (Lipinski definition) is 3. The number of nitrogens with one attached hydrogen (secondary N) is 1. The molecular weight excluding hydrogens is 370 g/mol. The summed E-state index contributed by atoms with van der Waals surface area (Å²) in [6.45, 7) is 0. The molecule has 6 heteroatoms. The van der Waals surface area contributed by atoms with Crippen LogP contribution in [0, 0.1) is 0 Å². The van der Waals surface area contributed by atoms with Gasteiger partial charge in [0.15, 0.2) is 9.84 Å². The van der Waals surface area contributed by atoms with Crippen molar-refractivity contribution in [1.82, 2.24) is 0 Å². The van der Waals surface area contributed by atoms with E-state index in [0.717, 1.165) is 11.1 Å². The number of halogens is 1. The van der Waals surface area contributed by atoms with Gasteiger partial charge in [0.2, 0.25) is 5.91 Å². The van der Waals surface area contributed by atoms with Crippen molar-refractivity contribution in [1.29, 1.82) is 0 Å². The lowest BCUT2D eigenvalue weighted by Crippen LogP contribution is -2.23. The van der Waals surface area contributed by atoms with Gasteiger partial charge in [0.05, 0.1) is 4.90 Å². The van der Waals surface area contributed by atoms with Crippen LogP contribution in [0.1, 0.15) is 0 Å². The molecular formula is C20H16ClNO3S. The third kappa shape index (κ3) is 4.31. The van der Waals surface area contributed by atoms with Crippen LogP contribution < -0.4 is 5.32 Å². The fourth-order valence-electron chi connectivity index (χ4n) is 2.55. The standard InChI is InChI=1S/C20H16ClNO3S/c21-16-10-12-17(13-11-16)26(24,25)14-20(23)22-19-9-5-4-8-18(19)15-6-2-1-3-7-15/h1-13H,14H2,(H,22,23). The summed E-state index contributed by atoms with van der Waals surface area (Å²) in [7, 11) is -3.74. The van der Waals surface area contributed by atoms with Gasteiger partial charge in [-0.15, -0.1) is 0 Å². The molecule has 0 fully saturated rings. The van der Waals surface area contributed by atoms with Crippen molar-refractivity contribution in [3.63, 3.8) is 0 Å². The molecule has 0 heterocycles. The van der Waals surface area contributed by atoms with Crippen LogP contribution in [0.3, 0.4) is 0 Å². The summed E-state index contributed by atoms with van der Waals surface area (Å²) in [6, 6.07) is 22.6. The number of carbonyl (C=O) groups is 1. The first-order valence-corrected chi connectivity index (χ1v) is 9.91. The van der Waals surface area contributed by atoms with Crippen molar-refractivity contribution < 1.29 is 13.2 Å². The van der Waals surface area contributed by atoms with Gasteiger partial charge in [0, 0.05) is 16.3 Å². The number of rotatable bonds is 5. The number of anilines is 1. The van der Waals surface area contributed by atoms with Crippen molar-refractivity contribution in [2.45, 2.75) is 4.90 Å². The Balaban J connectivity index is 1.80. The van der Waals surface area contributed by atoms with Crippen LogP contribution in [0.25, 0.3) is 11.1 Å². The topological polar surface area (TPSA) is 63.2 Å². The maximum atomic E-state index is 12.4. The van der Waals surface area contributed by atoms with Crippen molar-refractivity contribution in [3.05, 3.63) is 83.9 Å². The second-order valence-electron chi connectivity index (χ2n) is 5.67. The summed E-state index contributed by atoms with van der Waals surface area (Å²) in [5.74, 6) is -1.24. The van der Waals surface area contributed by atoms with E-state index in [9.17, 15) is 13.2 Å². The second kappa shape index (κ2) is 7.72. The first-order valence-electron chi connectivity index (χ1n) is 7.88. The molecule has 0 aliphatic carbocycles. The lowest BCUT2D eigenvalue weighted by molar-refractivity contribution is -0.113. The molecule has 0 atom stereocenters. The summed E-state index contributed by atoms with van der Waals surface area (Å²) in [4.78, 5) is 12.4. The van der Waals surface area contributed by atoms with Crippen LogP contribution in [0.5, 0.6) is 0 Å². The predicted molar refractivity (Wildman–Crippen MR) is 104 cm³/mol. The molecule has 0 spiro atoms. The Hall–Kier alpha value is -2.63. The van der Waals surface area contributed by atoms with Crippen LogP contribution in [0.15, 0.2) is 83.8 Å². The zero-order chi connectivity index (χ0) is 18.6. The highest BCUT2D eigenvalue weighted by Gasteiger charge is 2.20. The molecule has 26 heavy (non-hydrogen) atoms. The smallest absolute Gasteiger partial charge is 0.239 e. The minimum absolute atomic E-state index is 0.0633. The summed E-state index contributed by atoms with van der Waals surface area (Å²) in [5, 5.41) is 3.14. The molecule has 3 aromatic rings. The van der Waals surface area contributed by atoms with Gasteiger partial charge in [-0.3, -0.25) is 4.79 Å². The van der Waals surface area contributed by atoms with E-state index in [-0.39, 0.29) is 4.90 Å². The molecule has 0 aromatic heterocycles. The number of carbonyl (C=O) groups excluding carboxylic acids is 1. The minimum atomic E-state index is -3.74. The maximum absolute atomic E-state index is 12.4. The van der Waals surface area contributed by atoms with Crippen LogP contribution in [-0.4, -0.2) is 20.1 Å². The van der Waals surface area contributed by atoms with Gasteiger partial charge in [-0.1, -0.05) is 60.1 Å². The van der Waals surface area contributed by atoms with Crippen LogP contribution in [0.4, 0.5) is 5.69 Å². The molecule has 1 N–H and O–H groups in total. The molecule has 0 aliphatic rings. The molecule has 1 amide bonds. The van der Waals surface area contributed by atoms with Crippen molar-refractivity contribution in [2.75, 3.05) is 11.1 Å². The summed E-state index contributed by atoms with van der Waals surface area (Å²) < 4.78 is 24.8. The lowest BCUT2D eigenvalue weighted by atomic mass is 10.0. The second-order valence-corrected chi connectivity index (χ2v) is 8.10. The quantitative estimate of drug-likeness (QED) is 0.707. The van der Waals surface area contributed by atoms with E-state index in [1.807, 2.05) is 42.5 Å². The highest BCUT2D eigenvalue weighted by Crippen LogP contribution is 2.27. The molecule has 0 radical (unpaired) electrons. The average Bonchev–Trinajstić information content (AvgIpc) is 2.63. The summed E-state index contributed by atoms with van der Waals surface area (Å²) >= 11 is 5.78. The molecule has 0 aliphatic heterocycles. The Kier molecular flexibility index (Phi) is 5.40. The van der Waals surface area contributed by atoms with E-state index >= 15 is 0 Å². The lowest BCUT2D eigenvalue weighted by Gasteiger charge is -2.11. The Labute approximate surface area is 157 Å². The highest BCUT2D eigenvalue weighted by atomic mass is 35.5. The van der Waals surface area contributed by atoms with E-state index in [0.29, 0.717) is 10.7 Å². The van der Waals surface area contributed by atoms with Gasteiger partial charge in [-0.25, -0.2) is 8.42 Å².